The minimum atomic E-state index is -3.67. The van der Waals surface area contributed by atoms with Gasteiger partial charge in [-0.1, -0.05) is 23.7 Å². The lowest BCUT2D eigenvalue weighted by atomic mass is 10.1. The van der Waals surface area contributed by atoms with E-state index >= 15 is 0 Å². The molecule has 2 aliphatic rings. The minimum absolute atomic E-state index is 0.0548. The average Bonchev–Trinajstić information content (AvgIpc) is 3.47. The maximum absolute atomic E-state index is 13.0. The molecule has 1 unspecified atom stereocenters. The second kappa shape index (κ2) is 9.80. The molecule has 33 heavy (non-hydrogen) atoms. The van der Waals surface area contributed by atoms with Crippen LogP contribution < -0.4 is 11.1 Å². The van der Waals surface area contributed by atoms with E-state index in [-0.39, 0.29) is 27.4 Å². The Morgan fingerprint density at radius 3 is 2.55 bits per heavy atom. The molecule has 0 spiro atoms. The van der Waals surface area contributed by atoms with E-state index in [1.165, 1.54) is 22.5 Å². The van der Waals surface area contributed by atoms with Crippen LogP contribution in [0.4, 0.5) is 5.69 Å². The van der Waals surface area contributed by atoms with Crippen LogP contribution in [0.1, 0.15) is 41.6 Å². The van der Waals surface area contributed by atoms with Gasteiger partial charge in [0.1, 0.15) is 0 Å². The Balaban J connectivity index is 1.50. The number of anilines is 1. The third-order valence-electron chi connectivity index (χ3n) is 6.15. The number of nitrogens with two attached hydrogens (primary N) is 1. The highest BCUT2D eigenvalue weighted by atomic mass is 35.5. The van der Waals surface area contributed by atoms with Gasteiger partial charge < -0.3 is 11.1 Å². The minimum Gasteiger partial charge on any atom is -0.368 e. The summed E-state index contributed by atoms with van der Waals surface area (Å²) in [5.41, 5.74) is 7.08. The van der Waals surface area contributed by atoms with Gasteiger partial charge in [0.15, 0.2) is 0 Å². The van der Waals surface area contributed by atoms with E-state index < -0.39 is 15.9 Å². The van der Waals surface area contributed by atoms with Crippen molar-refractivity contribution in [3.05, 3.63) is 58.6 Å². The Morgan fingerprint density at radius 2 is 1.82 bits per heavy atom. The molecule has 0 aromatic heterocycles. The number of rotatable bonds is 7. The van der Waals surface area contributed by atoms with Crippen LogP contribution >= 0.6 is 11.6 Å². The van der Waals surface area contributed by atoms with Crippen LogP contribution in [0.25, 0.3) is 0 Å². The number of halogens is 1. The zero-order valence-electron chi connectivity index (χ0n) is 18.2. The molecule has 2 amide bonds. The molecule has 8 nitrogen and oxygen atoms in total. The van der Waals surface area contributed by atoms with Gasteiger partial charge in [0.25, 0.3) is 5.91 Å². The summed E-state index contributed by atoms with van der Waals surface area (Å²) in [5, 5.41) is 2.98. The van der Waals surface area contributed by atoms with Crippen molar-refractivity contribution in [2.24, 2.45) is 5.73 Å². The number of hydrogen-bond acceptors (Lipinski definition) is 5. The van der Waals surface area contributed by atoms with Crippen molar-refractivity contribution >= 4 is 39.1 Å². The molecule has 4 rings (SSSR count). The number of benzene rings is 2. The molecule has 2 saturated heterocycles. The fourth-order valence-corrected chi connectivity index (χ4v) is 6.18. The van der Waals surface area contributed by atoms with E-state index in [0.717, 1.165) is 37.8 Å². The Kier molecular flexibility index (Phi) is 7.04. The van der Waals surface area contributed by atoms with E-state index in [1.807, 2.05) is 23.1 Å². The summed E-state index contributed by atoms with van der Waals surface area (Å²) in [6, 6.07) is 11.2. The molecule has 1 atom stereocenters. The average molecular weight is 491 g/mol. The summed E-state index contributed by atoms with van der Waals surface area (Å²) in [7, 11) is -3.67. The predicted octanol–water partition coefficient (Wildman–Crippen LogP) is 2.83. The first-order valence-corrected chi connectivity index (χ1v) is 12.8. The number of nitrogens with one attached hydrogen (secondary N) is 1. The van der Waals surface area contributed by atoms with E-state index in [9.17, 15) is 18.0 Å². The molecule has 0 saturated carbocycles. The smallest absolute Gasteiger partial charge is 0.257 e. The third kappa shape index (κ3) is 5.22. The molecule has 2 aliphatic heterocycles. The molecular formula is C23H27ClN4O4S. The number of carbonyl (C=O) groups excluding carboxylic acids is 2. The number of carbonyl (C=O) groups is 2. The van der Waals surface area contributed by atoms with Gasteiger partial charge in [-0.3, -0.25) is 14.5 Å². The molecule has 10 heteroatoms. The van der Waals surface area contributed by atoms with Crippen LogP contribution in [0.2, 0.25) is 5.02 Å². The number of primary amides is 1. The van der Waals surface area contributed by atoms with E-state index in [2.05, 4.69) is 5.32 Å². The Morgan fingerprint density at radius 1 is 1.06 bits per heavy atom. The van der Waals surface area contributed by atoms with Gasteiger partial charge in [-0.05, 0) is 68.1 Å². The number of amides is 2. The van der Waals surface area contributed by atoms with Crippen LogP contribution in [0.3, 0.4) is 0 Å². The van der Waals surface area contributed by atoms with Gasteiger partial charge in [0, 0.05) is 25.3 Å². The van der Waals surface area contributed by atoms with Gasteiger partial charge in [-0.15, -0.1) is 0 Å². The summed E-state index contributed by atoms with van der Waals surface area (Å²) < 4.78 is 27.2. The highest BCUT2D eigenvalue weighted by Gasteiger charge is 2.29. The van der Waals surface area contributed by atoms with Crippen LogP contribution in [0, 0.1) is 0 Å². The number of nitrogens with zero attached hydrogens (tertiary/aromatic N) is 2. The first-order chi connectivity index (χ1) is 15.8. The van der Waals surface area contributed by atoms with E-state index in [4.69, 9.17) is 17.3 Å². The summed E-state index contributed by atoms with van der Waals surface area (Å²) in [6.45, 7) is 2.29. The van der Waals surface area contributed by atoms with Crippen molar-refractivity contribution in [1.29, 1.82) is 0 Å². The normalized spacial score (nSPS) is 19.6. The highest BCUT2D eigenvalue weighted by Crippen LogP contribution is 2.26. The Bertz CT molecular complexity index is 1160. The van der Waals surface area contributed by atoms with Crippen LogP contribution in [-0.2, 0) is 21.4 Å². The maximum Gasteiger partial charge on any atom is 0.257 e. The monoisotopic (exact) mass is 490 g/mol. The Labute approximate surface area is 198 Å². The molecule has 0 aliphatic carbocycles. The number of sulfonamides is 1. The quantitative estimate of drug-likeness (QED) is 0.619. The van der Waals surface area contributed by atoms with Gasteiger partial charge in [-0.25, -0.2) is 8.42 Å². The summed E-state index contributed by atoms with van der Waals surface area (Å²) in [6.07, 6.45) is 3.32. The predicted molar refractivity (Wildman–Crippen MR) is 126 cm³/mol. The molecule has 2 aromatic rings. The van der Waals surface area contributed by atoms with Crippen molar-refractivity contribution in [1.82, 2.24) is 9.21 Å². The zero-order valence-corrected chi connectivity index (χ0v) is 19.7. The zero-order chi connectivity index (χ0) is 23.6. The van der Waals surface area contributed by atoms with Gasteiger partial charge in [0.2, 0.25) is 15.9 Å². The van der Waals surface area contributed by atoms with Gasteiger partial charge in [-0.2, -0.15) is 4.31 Å². The first kappa shape index (κ1) is 23.7. The summed E-state index contributed by atoms with van der Waals surface area (Å²) >= 11 is 6.24. The van der Waals surface area contributed by atoms with Crippen molar-refractivity contribution in [3.63, 3.8) is 0 Å². The summed E-state index contributed by atoms with van der Waals surface area (Å²) in [5.74, 6) is -0.817. The van der Waals surface area contributed by atoms with Crippen LogP contribution in [0.15, 0.2) is 47.4 Å². The molecule has 2 heterocycles. The highest BCUT2D eigenvalue weighted by molar-refractivity contribution is 7.89. The van der Waals surface area contributed by atoms with Crippen molar-refractivity contribution in [3.8, 4) is 0 Å². The topological polar surface area (TPSA) is 113 Å². The summed E-state index contributed by atoms with van der Waals surface area (Å²) in [4.78, 5) is 26.7. The lowest BCUT2D eigenvalue weighted by Gasteiger charge is -2.22. The SMILES string of the molecule is NC(=O)C1CCCN1Cc1cccc(NC(=O)c2cc(S(=O)(=O)N3CCCC3)ccc2Cl)c1. The molecule has 3 N–H and O–H groups in total. The lowest BCUT2D eigenvalue weighted by molar-refractivity contribution is -0.122. The van der Waals surface area contributed by atoms with Gasteiger partial charge >= 0.3 is 0 Å². The molecule has 0 radical (unpaired) electrons. The molecule has 2 fully saturated rings. The van der Waals surface area contributed by atoms with Crippen molar-refractivity contribution in [2.75, 3.05) is 25.0 Å². The lowest BCUT2D eigenvalue weighted by Crippen LogP contribution is -2.39. The van der Waals surface area contributed by atoms with Crippen molar-refractivity contribution < 1.29 is 18.0 Å². The van der Waals surface area contributed by atoms with Crippen LogP contribution in [0.5, 0.6) is 0 Å². The standard InChI is InChI=1S/C23H27ClN4O4S/c24-20-9-8-18(33(31,32)28-11-1-2-12-28)14-19(20)23(30)26-17-6-3-5-16(13-17)15-27-10-4-7-21(27)22(25)29/h3,5-6,8-9,13-14,21H,1-2,4,7,10-12,15H2,(H2,25,29)(H,26,30). The first-order valence-electron chi connectivity index (χ1n) is 11.0. The second-order valence-electron chi connectivity index (χ2n) is 8.44. The fourth-order valence-electron chi connectivity index (χ4n) is 4.43. The van der Waals surface area contributed by atoms with E-state index in [1.54, 1.807) is 6.07 Å². The third-order valence-corrected chi connectivity index (χ3v) is 8.37. The molecule has 176 valence electrons. The number of hydrogen-bond donors (Lipinski definition) is 2. The molecule has 0 bridgehead atoms. The largest absolute Gasteiger partial charge is 0.368 e. The fraction of sp³-hybridized carbons (Fsp3) is 0.391. The number of likely N-dealkylation sites (tertiary alicyclic amines) is 1. The van der Waals surface area contributed by atoms with Crippen LogP contribution in [-0.4, -0.2) is 55.1 Å². The Hall–Kier alpha value is -2.46. The van der Waals surface area contributed by atoms with Gasteiger partial charge in [0.05, 0.1) is 21.5 Å². The maximum atomic E-state index is 13.0. The van der Waals surface area contributed by atoms with E-state index in [0.29, 0.717) is 25.3 Å². The second-order valence-corrected chi connectivity index (χ2v) is 10.8. The molecule has 2 aromatic carbocycles. The van der Waals surface area contributed by atoms with Crippen molar-refractivity contribution in [2.45, 2.75) is 43.2 Å². The molecular weight excluding hydrogens is 464 g/mol.